The zero-order chi connectivity index (χ0) is 11.3. The average Bonchev–Trinajstić information content (AvgIpc) is 2.15. The Labute approximate surface area is 91.0 Å². The second-order valence-corrected chi connectivity index (χ2v) is 3.71. The Kier molecular flexibility index (Phi) is 4.46. The van der Waals surface area contributed by atoms with Crippen molar-refractivity contribution >= 4 is 18.4 Å². The summed E-state index contributed by atoms with van der Waals surface area (Å²) in [5.41, 5.74) is 7.44. The topological polar surface area (TPSA) is 70.3 Å². The molecule has 0 aliphatic carbocycles. The second kappa shape index (κ2) is 5.63. The molecular formula is C10H18BN3O. The minimum Gasteiger partial charge on any atom is -0.437 e. The van der Waals surface area contributed by atoms with Crippen molar-refractivity contribution in [3.05, 3.63) is 24.3 Å². The van der Waals surface area contributed by atoms with E-state index in [2.05, 4.69) is 10.5 Å². The summed E-state index contributed by atoms with van der Waals surface area (Å²) in [5, 5.41) is 15.3. The van der Waals surface area contributed by atoms with E-state index in [4.69, 9.17) is 10.8 Å². The van der Waals surface area contributed by atoms with Crippen LogP contribution in [-0.2, 0) is 0 Å². The van der Waals surface area contributed by atoms with Crippen molar-refractivity contribution in [3.63, 3.8) is 0 Å². The molecule has 0 amide bonds. The molecule has 82 valence electrons. The number of para-hydroxylation sites is 2. The molecule has 0 fully saturated rings. The van der Waals surface area contributed by atoms with Crippen LogP contribution in [0.5, 0.6) is 0 Å². The van der Waals surface area contributed by atoms with Crippen LogP contribution < -0.4 is 16.3 Å². The fourth-order valence-electron chi connectivity index (χ4n) is 1.39. The Morgan fingerprint density at radius 1 is 1.47 bits per heavy atom. The van der Waals surface area contributed by atoms with Gasteiger partial charge in [-0.05, 0) is 25.9 Å². The van der Waals surface area contributed by atoms with Crippen LogP contribution in [0.15, 0.2) is 24.3 Å². The highest BCUT2D eigenvalue weighted by atomic mass is 16.2. The van der Waals surface area contributed by atoms with Gasteiger partial charge < -0.3 is 21.3 Å². The molecule has 0 saturated carbocycles. The molecule has 15 heavy (non-hydrogen) atoms. The Morgan fingerprint density at radius 3 is 2.73 bits per heavy atom. The number of benzene rings is 1. The van der Waals surface area contributed by atoms with Crippen LogP contribution in [0.2, 0.25) is 6.82 Å². The summed E-state index contributed by atoms with van der Waals surface area (Å²) in [4.78, 5) is 0. The van der Waals surface area contributed by atoms with E-state index in [9.17, 15) is 0 Å². The zero-order valence-electron chi connectivity index (χ0n) is 9.20. The van der Waals surface area contributed by atoms with Gasteiger partial charge in [0, 0.05) is 12.6 Å². The van der Waals surface area contributed by atoms with E-state index in [0.717, 1.165) is 17.9 Å². The van der Waals surface area contributed by atoms with Gasteiger partial charge in [-0.1, -0.05) is 12.1 Å². The van der Waals surface area contributed by atoms with Crippen molar-refractivity contribution < 1.29 is 5.02 Å². The van der Waals surface area contributed by atoms with E-state index in [0.29, 0.717) is 0 Å². The first-order chi connectivity index (χ1) is 7.09. The van der Waals surface area contributed by atoms with Crippen LogP contribution in [-0.4, -0.2) is 24.7 Å². The minimum absolute atomic E-state index is 0.185. The molecule has 1 rings (SSSR count). The molecule has 5 heteroatoms. The van der Waals surface area contributed by atoms with Crippen molar-refractivity contribution in [2.24, 2.45) is 0 Å². The SMILES string of the molecule is CB(O)NC(C)CNc1ccccc1N. The third-order valence-corrected chi connectivity index (χ3v) is 2.09. The van der Waals surface area contributed by atoms with Crippen molar-refractivity contribution in [1.82, 2.24) is 5.23 Å². The first-order valence-electron chi connectivity index (χ1n) is 5.12. The standard InChI is InChI=1S/C10H18BN3O/c1-8(14-11(2)15)7-13-10-6-4-3-5-9(10)12/h3-6,8,13-15H,7,12H2,1-2H3. The molecule has 0 heterocycles. The number of nitrogens with one attached hydrogen (secondary N) is 2. The number of hydrogen-bond acceptors (Lipinski definition) is 4. The number of anilines is 2. The van der Waals surface area contributed by atoms with Gasteiger partial charge in [-0.25, -0.2) is 0 Å². The van der Waals surface area contributed by atoms with E-state index in [1.54, 1.807) is 6.82 Å². The van der Waals surface area contributed by atoms with Gasteiger partial charge in [0.2, 0.25) is 0 Å². The molecular weight excluding hydrogens is 189 g/mol. The minimum atomic E-state index is -0.491. The van der Waals surface area contributed by atoms with Gasteiger partial charge in [-0.2, -0.15) is 0 Å². The lowest BCUT2D eigenvalue weighted by molar-refractivity contribution is 0.533. The molecule has 1 unspecified atom stereocenters. The van der Waals surface area contributed by atoms with Crippen LogP contribution in [0.4, 0.5) is 11.4 Å². The van der Waals surface area contributed by atoms with E-state index in [1.165, 1.54) is 0 Å². The van der Waals surface area contributed by atoms with Gasteiger partial charge in [0.05, 0.1) is 11.4 Å². The maximum atomic E-state index is 9.11. The summed E-state index contributed by atoms with van der Waals surface area (Å²) in [5.74, 6) is 0. The van der Waals surface area contributed by atoms with Gasteiger partial charge in [0.1, 0.15) is 0 Å². The van der Waals surface area contributed by atoms with Gasteiger partial charge in [-0.3, -0.25) is 0 Å². The lowest BCUT2D eigenvalue weighted by Crippen LogP contribution is -2.41. The Bertz CT molecular complexity index is 306. The summed E-state index contributed by atoms with van der Waals surface area (Å²) in [6.07, 6.45) is 0. The van der Waals surface area contributed by atoms with Crippen LogP contribution in [0, 0.1) is 0 Å². The highest BCUT2D eigenvalue weighted by Crippen LogP contribution is 2.16. The number of nitrogens with two attached hydrogens (primary N) is 1. The predicted molar refractivity (Wildman–Crippen MR) is 65.8 cm³/mol. The highest BCUT2D eigenvalue weighted by Gasteiger charge is 2.08. The van der Waals surface area contributed by atoms with E-state index < -0.39 is 7.05 Å². The summed E-state index contributed by atoms with van der Waals surface area (Å²) in [6, 6.07) is 7.81. The molecule has 0 aliphatic heterocycles. The molecule has 0 radical (unpaired) electrons. The largest absolute Gasteiger partial charge is 0.437 e. The average molecular weight is 207 g/mol. The molecule has 0 bridgehead atoms. The molecule has 0 aliphatic rings. The van der Waals surface area contributed by atoms with Gasteiger partial charge in [-0.15, -0.1) is 0 Å². The predicted octanol–water partition coefficient (Wildman–Crippen LogP) is 0.769. The smallest absolute Gasteiger partial charge is 0.373 e. The summed E-state index contributed by atoms with van der Waals surface area (Å²) >= 11 is 0. The maximum absolute atomic E-state index is 9.11. The third kappa shape index (κ3) is 4.23. The molecule has 5 N–H and O–H groups in total. The first-order valence-corrected chi connectivity index (χ1v) is 5.12. The zero-order valence-corrected chi connectivity index (χ0v) is 9.20. The Morgan fingerprint density at radius 2 is 2.13 bits per heavy atom. The lowest BCUT2D eigenvalue weighted by Gasteiger charge is -2.16. The fraction of sp³-hybridized carbons (Fsp3) is 0.400. The van der Waals surface area contributed by atoms with Crippen molar-refractivity contribution in [2.75, 3.05) is 17.6 Å². The number of nitrogen functional groups attached to an aromatic ring is 1. The van der Waals surface area contributed by atoms with Crippen LogP contribution in [0.1, 0.15) is 6.92 Å². The van der Waals surface area contributed by atoms with Crippen LogP contribution >= 0.6 is 0 Å². The Balaban J connectivity index is 2.40. The number of rotatable bonds is 5. The van der Waals surface area contributed by atoms with E-state index in [1.807, 2.05) is 31.2 Å². The molecule has 1 aromatic rings. The molecule has 0 saturated heterocycles. The van der Waals surface area contributed by atoms with Gasteiger partial charge >= 0.3 is 7.05 Å². The van der Waals surface area contributed by atoms with Gasteiger partial charge in [0.15, 0.2) is 0 Å². The summed E-state index contributed by atoms with van der Waals surface area (Å²) < 4.78 is 0. The van der Waals surface area contributed by atoms with Gasteiger partial charge in [0.25, 0.3) is 0 Å². The molecule has 1 aromatic carbocycles. The number of hydrogen-bond donors (Lipinski definition) is 4. The van der Waals surface area contributed by atoms with E-state index in [-0.39, 0.29) is 6.04 Å². The summed E-state index contributed by atoms with van der Waals surface area (Å²) in [6.45, 7) is 4.42. The van der Waals surface area contributed by atoms with Crippen molar-refractivity contribution in [1.29, 1.82) is 0 Å². The van der Waals surface area contributed by atoms with E-state index >= 15 is 0 Å². The molecule has 0 aromatic heterocycles. The maximum Gasteiger partial charge on any atom is 0.373 e. The normalized spacial score (nSPS) is 12.2. The first kappa shape index (κ1) is 11.9. The van der Waals surface area contributed by atoms with Crippen LogP contribution in [0.25, 0.3) is 0 Å². The quantitative estimate of drug-likeness (QED) is 0.425. The fourth-order valence-corrected chi connectivity index (χ4v) is 1.39. The molecule has 1 atom stereocenters. The highest BCUT2D eigenvalue weighted by molar-refractivity contribution is 6.45. The monoisotopic (exact) mass is 207 g/mol. The summed E-state index contributed by atoms with van der Waals surface area (Å²) in [7, 11) is -0.491. The molecule has 4 nitrogen and oxygen atoms in total. The van der Waals surface area contributed by atoms with Crippen molar-refractivity contribution in [3.8, 4) is 0 Å². The third-order valence-electron chi connectivity index (χ3n) is 2.09. The van der Waals surface area contributed by atoms with Crippen molar-refractivity contribution in [2.45, 2.75) is 19.8 Å². The van der Waals surface area contributed by atoms with Crippen LogP contribution in [0.3, 0.4) is 0 Å². The lowest BCUT2D eigenvalue weighted by atomic mass is 9.87. The molecule has 0 spiro atoms. The Hall–Kier alpha value is -1.20. The second-order valence-electron chi connectivity index (χ2n) is 3.71.